The normalized spacial score (nSPS) is 11.3. The number of nitrogens with zero attached hydrogens (tertiary/aromatic N) is 4. The number of aromatic nitrogens is 2. The molecule has 0 aliphatic carbocycles. The summed E-state index contributed by atoms with van der Waals surface area (Å²) in [5.41, 5.74) is 7.08. The van der Waals surface area contributed by atoms with Crippen molar-refractivity contribution in [2.75, 3.05) is 11.4 Å². The summed E-state index contributed by atoms with van der Waals surface area (Å²) in [4.78, 5) is 10.7. The Hall–Kier alpha value is -2.63. The maximum absolute atomic E-state index is 8.62. The molecule has 104 valence electrons. The van der Waals surface area contributed by atoms with Crippen molar-refractivity contribution in [1.82, 2.24) is 9.97 Å². The van der Waals surface area contributed by atoms with E-state index in [0.29, 0.717) is 12.1 Å². The molecule has 6 heteroatoms. The molecule has 2 rings (SSSR count). The number of hydrogen-bond acceptors (Lipinski definition) is 5. The molecule has 0 aliphatic rings. The Kier molecular flexibility index (Phi) is 4.49. The fourth-order valence-corrected chi connectivity index (χ4v) is 1.82. The minimum atomic E-state index is 0.0526. The van der Waals surface area contributed by atoms with Gasteiger partial charge in [-0.2, -0.15) is 0 Å². The summed E-state index contributed by atoms with van der Waals surface area (Å²) in [7, 11) is 0. The van der Waals surface area contributed by atoms with Crippen molar-refractivity contribution < 1.29 is 5.21 Å². The van der Waals surface area contributed by atoms with Crippen molar-refractivity contribution in [2.45, 2.75) is 13.5 Å². The fraction of sp³-hybridized carbons (Fsp3) is 0.214. The monoisotopic (exact) mass is 271 g/mol. The molecule has 0 saturated heterocycles. The summed E-state index contributed by atoms with van der Waals surface area (Å²) in [5.74, 6) is 0.879. The van der Waals surface area contributed by atoms with Gasteiger partial charge in [-0.05, 0) is 31.2 Å². The zero-order valence-electron chi connectivity index (χ0n) is 11.3. The van der Waals surface area contributed by atoms with Gasteiger partial charge in [0.05, 0.1) is 12.2 Å². The van der Waals surface area contributed by atoms with Gasteiger partial charge in [-0.1, -0.05) is 11.2 Å². The smallest absolute Gasteiger partial charge is 0.171 e. The first-order valence-corrected chi connectivity index (χ1v) is 6.33. The Bertz CT molecular complexity index is 568. The molecule has 2 aromatic rings. The number of rotatable bonds is 5. The van der Waals surface area contributed by atoms with E-state index in [1.54, 1.807) is 18.5 Å². The molecule has 0 amide bonds. The number of nitrogens with two attached hydrogens (primary N) is 1. The summed E-state index contributed by atoms with van der Waals surface area (Å²) < 4.78 is 0. The van der Waals surface area contributed by atoms with Crippen LogP contribution in [0.2, 0.25) is 0 Å². The summed E-state index contributed by atoms with van der Waals surface area (Å²) in [6.07, 6.45) is 3.36. The summed E-state index contributed by atoms with van der Waals surface area (Å²) in [6.45, 7) is 3.56. The van der Waals surface area contributed by atoms with Crippen molar-refractivity contribution in [3.05, 3.63) is 54.0 Å². The van der Waals surface area contributed by atoms with Crippen LogP contribution in [0.4, 0.5) is 5.82 Å². The lowest BCUT2D eigenvalue weighted by molar-refractivity contribution is 0.318. The zero-order chi connectivity index (χ0) is 14.4. The second kappa shape index (κ2) is 6.51. The topological polar surface area (TPSA) is 87.6 Å². The molecule has 3 N–H and O–H groups in total. The second-order valence-corrected chi connectivity index (χ2v) is 4.23. The van der Waals surface area contributed by atoms with Crippen LogP contribution in [0.3, 0.4) is 0 Å². The first-order chi connectivity index (χ1) is 9.74. The summed E-state index contributed by atoms with van der Waals surface area (Å²) >= 11 is 0. The van der Waals surface area contributed by atoms with Crippen molar-refractivity contribution >= 4 is 11.7 Å². The Morgan fingerprint density at radius 1 is 1.30 bits per heavy atom. The highest BCUT2D eigenvalue weighted by Crippen LogP contribution is 2.13. The zero-order valence-corrected chi connectivity index (χ0v) is 11.3. The van der Waals surface area contributed by atoms with Gasteiger partial charge in [0.25, 0.3) is 0 Å². The van der Waals surface area contributed by atoms with E-state index in [1.165, 1.54) is 0 Å². The molecule has 0 aromatic carbocycles. The number of anilines is 1. The Labute approximate surface area is 117 Å². The molecule has 0 fully saturated rings. The molecule has 0 atom stereocenters. The summed E-state index contributed by atoms with van der Waals surface area (Å²) in [5, 5.41) is 11.6. The molecule has 2 heterocycles. The molecule has 0 saturated carbocycles. The SMILES string of the molecule is CCN(Cc1ccccn1)c1ccc(/C(N)=N/O)cn1. The highest BCUT2D eigenvalue weighted by molar-refractivity contribution is 5.96. The quantitative estimate of drug-likeness (QED) is 0.373. The van der Waals surface area contributed by atoms with Crippen molar-refractivity contribution in [3.8, 4) is 0 Å². The van der Waals surface area contributed by atoms with Gasteiger partial charge in [0.15, 0.2) is 5.84 Å². The molecule has 0 aliphatic heterocycles. The van der Waals surface area contributed by atoms with Crippen LogP contribution in [0.1, 0.15) is 18.2 Å². The second-order valence-electron chi connectivity index (χ2n) is 4.23. The first kappa shape index (κ1) is 13.8. The van der Waals surface area contributed by atoms with E-state index in [0.717, 1.165) is 18.1 Å². The van der Waals surface area contributed by atoms with Crippen LogP contribution in [0.5, 0.6) is 0 Å². The maximum Gasteiger partial charge on any atom is 0.171 e. The Morgan fingerprint density at radius 3 is 2.70 bits per heavy atom. The Balaban J connectivity index is 2.16. The molecule has 0 radical (unpaired) electrons. The van der Waals surface area contributed by atoms with Gasteiger partial charge < -0.3 is 15.8 Å². The van der Waals surface area contributed by atoms with Crippen molar-refractivity contribution in [2.24, 2.45) is 10.9 Å². The van der Waals surface area contributed by atoms with Gasteiger partial charge in [-0.3, -0.25) is 4.98 Å². The van der Waals surface area contributed by atoms with E-state index in [-0.39, 0.29) is 5.84 Å². The van der Waals surface area contributed by atoms with E-state index in [2.05, 4.69) is 26.9 Å². The van der Waals surface area contributed by atoms with E-state index in [9.17, 15) is 0 Å². The van der Waals surface area contributed by atoms with Crippen LogP contribution in [-0.2, 0) is 6.54 Å². The van der Waals surface area contributed by atoms with Crippen LogP contribution in [-0.4, -0.2) is 27.6 Å². The third-order valence-corrected chi connectivity index (χ3v) is 2.94. The van der Waals surface area contributed by atoms with Gasteiger partial charge >= 0.3 is 0 Å². The molecule has 6 nitrogen and oxygen atoms in total. The minimum Gasteiger partial charge on any atom is -0.409 e. The molecule has 20 heavy (non-hydrogen) atoms. The van der Waals surface area contributed by atoms with E-state index in [4.69, 9.17) is 10.9 Å². The largest absolute Gasteiger partial charge is 0.409 e. The molecular weight excluding hydrogens is 254 g/mol. The van der Waals surface area contributed by atoms with Gasteiger partial charge in [-0.25, -0.2) is 4.98 Å². The van der Waals surface area contributed by atoms with Gasteiger partial charge in [-0.15, -0.1) is 0 Å². The van der Waals surface area contributed by atoms with Gasteiger partial charge in [0, 0.05) is 24.5 Å². The molecule has 2 aromatic heterocycles. The van der Waals surface area contributed by atoms with E-state index >= 15 is 0 Å². The number of oxime groups is 1. The van der Waals surface area contributed by atoms with Crippen LogP contribution < -0.4 is 10.6 Å². The third-order valence-electron chi connectivity index (χ3n) is 2.94. The van der Waals surface area contributed by atoms with Gasteiger partial charge in [0.1, 0.15) is 5.82 Å². The predicted molar refractivity (Wildman–Crippen MR) is 77.7 cm³/mol. The lowest BCUT2D eigenvalue weighted by Gasteiger charge is -2.21. The fourth-order valence-electron chi connectivity index (χ4n) is 1.82. The molecular formula is C14H17N5O. The number of pyridine rings is 2. The Morgan fingerprint density at radius 2 is 2.15 bits per heavy atom. The summed E-state index contributed by atoms with van der Waals surface area (Å²) in [6, 6.07) is 9.46. The maximum atomic E-state index is 8.62. The van der Waals surface area contributed by atoms with E-state index in [1.807, 2.05) is 24.3 Å². The molecule has 0 spiro atoms. The lowest BCUT2D eigenvalue weighted by Crippen LogP contribution is -2.24. The predicted octanol–water partition coefficient (Wildman–Crippen LogP) is 1.60. The lowest BCUT2D eigenvalue weighted by atomic mass is 10.2. The average molecular weight is 271 g/mol. The van der Waals surface area contributed by atoms with Crippen molar-refractivity contribution in [1.29, 1.82) is 0 Å². The standard InChI is InChI=1S/C14H17N5O/c1-2-19(10-12-5-3-4-8-16-12)13-7-6-11(9-17-13)14(15)18-20/h3-9,20H,2,10H2,1H3,(H2,15,18). The number of amidine groups is 1. The molecule has 0 bridgehead atoms. The van der Waals surface area contributed by atoms with Crippen molar-refractivity contribution in [3.63, 3.8) is 0 Å². The van der Waals surface area contributed by atoms with Crippen LogP contribution in [0.15, 0.2) is 47.9 Å². The average Bonchev–Trinajstić information content (AvgIpc) is 2.53. The highest BCUT2D eigenvalue weighted by Gasteiger charge is 2.08. The first-order valence-electron chi connectivity index (χ1n) is 6.33. The van der Waals surface area contributed by atoms with Crippen LogP contribution in [0, 0.1) is 0 Å². The van der Waals surface area contributed by atoms with Crippen LogP contribution in [0.25, 0.3) is 0 Å². The minimum absolute atomic E-state index is 0.0526. The third kappa shape index (κ3) is 3.23. The van der Waals surface area contributed by atoms with Gasteiger partial charge in [0.2, 0.25) is 0 Å². The number of hydrogen-bond donors (Lipinski definition) is 2. The van der Waals surface area contributed by atoms with E-state index < -0.39 is 0 Å². The highest BCUT2D eigenvalue weighted by atomic mass is 16.4. The van der Waals surface area contributed by atoms with Crippen LogP contribution >= 0.6 is 0 Å². The molecule has 0 unspecified atom stereocenters.